The van der Waals surface area contributed by atoms with Gasteiger partial charge in [-0.1, -0.05) is 140 Å². The molecule has 0 spiro atoms. The topological polar surface area (TPSA) is 30.7 Å². The van der Waals surface area contributed by atoms with Crippen LogP contribution in [-0.2, 0) is 0 Å². The first-order valence-electron chi connectivity index (χ1n) is 17.3. The highest BCUT2D eigenvalue weighted by Gasteiger charge is 2.17. The van der Waals surface area contributed by atoms with Gasteiger partial charge < -0.3 is 4.57 Å². The van der Waals surface area contributed by atoms with Crippen LogP contribution < -0.4 is 0 Å². The predicted octanol–water partition coefficient (Wildman–Crippen LogP) is 12.5. The number of nitrogens with zero attached hydrogens (tertiary/aromatic N) is 3. The van der Waals surface area contributed by atoms with Crippen molar-refractivity contribution in [2.45, 2.75) is 0 Å². The van der Waals surface area contributed by atoms with Gasteiger partial charge >= 0.3 is 0 Å². The van der Waals surface area contributed by atoms with E-state index in [-0.39, 0.29) is 0 Å². The second-order valence-corrected chi connectivity index (χ2v) is 13.0. The number of benzene rings is 8. The minimum Gasteiger partial charge on any atom is -0.309 e. The Morgan fingerprint density at radius 3 is 1.67 bits per heavy atom. The van der Waals surface area contributed by atoms with Crippen molar-refractivity contribution in [2.75, 3.05) is 0 Å². The van der Waals surface area contributed by atoms with Gasteiger partial charge in [0.05, 0.1) is 22.2 Å². The molecular weight excluding hydrogens is 619 g/mol. The molecule has 0 aliphatic heterocycles. The molecule has 0 unspecified atom stereocenters. The molecule has 0 saturated heterocycles. The molecule has 0 saturated carbocycles. The van der Waals surface area contributed by atoms with Crippen LogP contribution in [0.5, 0.6) is 0 Å². The molecule has 51 heavy (non-hydrogen) atoms. The van der Waals surface area contributed by atoms with Crippen molar-refractivity contribution in [1.82, 2.24) is 14.5 Å². The lowest BCUT2D eigenvalue weighted by Gasteiger charge is -2.12. The van der Waals surface area contributed by atoms with Crippen molar-refractivity contribution in [3.63, 3.8) is 0 Å². The van der Waals surface area contributed by atoms with Gasteiger partial charge in [-0.15, -0.1) is 0 Å². The molecule has 8 aromatic carbocycles. The Bertz CT molecular complexity index is 2890. The van der Waals surface area contributed by atoms with E-state index in [0.29, 0.717) is 0 Å². The number of rotatable bonds is 5. The zero-order chi connectivity index (χ0) is 33.7. The zero-order valence-corrected chi connectivity index (χ0v) is 27.7. The van der Waals surface area contributed by atoms with Gasteiger partial charge in [-0.2, -0.15) is 0 Å². The van der Waals surface area contributed by atoms with Gasteiger partial charge in [-0.05, 0) is 81.6 Å². The Labute approximate surface area is 295 Å². The summed E-state index contributed by atoms with van der Waals surface area (Å²) in [6.07, 6.45) is 0. The quantitative estimate of drug-likeness (QED) is 0.186. The van der Waals surface area contributed by atoms with Gasteiger partial charge in [-0.25, -0.2) is 9.97 Å². The van der Waals surface area contributed by atoms with Crippen molar-refractivity contribution < 1.29 is 0 Å². The Balaban J connectivity index is 1.19. The van der Waals surface area contributed by atoms with E-state index in [1.165, 1.54) is 43.7 Å². The van der Waals surface area contributed by atoms with Crippen LogP contribution >= 0.6 is 0 Å². The molecule has 0 bridgehead atoms. The summed E-state index contributed by atoms with van der Waals surface area (Å²) in [5, 5.41) is 5.98. The summed E-state index contributed by atoms with van der Waals surface area (Å²) in [5.74, 6) is 0.729. The Kier molecular flexibility index (Phi) is 6.81. The fourth-order valence-electron chi connectivity index (χ4n) is 7.54. The second kappa shape index (κ2) is 11.9. The van der Waals surface area contributed by atoms with Crippen LogP contribution in [0.4, 0.5) is 0 Å². The summed E-state index contributed by atoms with van der Waals surface area (Å²) in [6, 6.07) is 66.9. The maximum Gasteiger partial charge on any atom is 0.160 e. The summed E-state index contributed by atoms with van der Waals surface area (Å²) in [6.45, 7) is 0. The van der Waals surface area contributed by atoms with Gasteiger partial charge in [0.25, 0.3) is 0 Å². The molecule has 3 nitrogen and oxygen atoms in total. The van der Waals surface area contributed by atoms with E-state index in [1.54, 1.807) is 0 Å². The minimum atomic E-state index is 0.729. The number of hydrogen-bond donors (Lipinski definition) is 0. The van der Waals surface area contributed by atoms with Crippen LogP contribution in [0.2, 0.25) is 0 Å². The SMILES string of the molecule is c1ccc(-c2nc(-c3ccccc3)c3cc(-c4ccc5c(c4)c4cc(-c6cccc7ccccc67)ccc4n5-c4ccccc4)ccc3n2)cc1. The molecule has 0 amide bonds. The number of para-hydroxylation sites is 1. The Morgan fingerprint density at radius 2 is 0.922 bits per heavy atom. The molecule has 0 atom stereocenters. The molecule has 0 fully saturated rings. The fraction of sp³-hybridized carbons (Fsp3) is 0. The van der Waals surface area contributed by atoms with Gasteiger partial charge in [0.1, 0.15) is 0 Å². The number of fused-ring (bicyclic) bond motifs is 5. The third kappa shape index (κ3) is 4.98. The normalized spacial score (nSPS) is 11.5. The van der Waals surface area contributed by atoms with Crippen LogP contribution in [0, 0.1) is 0 Å². The fourth-order valence-corrected chi connectivity index (χ4v) is 7.54. The van der Waals surface area contributed by atoms with Crippen LogP contribution in [0.3, 0.4) is 0 Å². The van der Waals surface area contributed by atoms with Crippen molar-refractivity contribution in [2.24, 2.45) is 0 Å². The van der Waals surface area contributed by atoms with Crippen molar-refractivity contribution in [3.05, 3.63) is 188 Å². The van der Waals surface area contributed by atoms with E-state index in [9.17, 15) is 0 Å². The van der Waals surface area contributed by atoms with Gasteiger partial charge in [0, 0.05) is 33.0 Å². The first-order valence-corrected chi connectivity index (χ1v) is 17.3. The molecular formula is C48H31N3. The molecule has 0 aliphatic carbocycles. The summed E-state index contributed by atoms with van der Waals surface area (Å²) in [4.78, 5) is 10.2. The molecule has 2 heterocycles. The van der Waals surface area contributed by atoms with Gasteiger partial charge in [-0.3, -0.25) is 0 Å². The van der Waals surface area contributed by atoms with Crippen molar-refractivity contribution >= 4 is 43.5 Å². The van der Waals surface area contributed by atoms with Gasteiger partial charge in [0.2, 0.25) is 0 Å². The predicted molar refractivity (Wildman–Crippen MR) is 213 cm³/mol. The molecule has 0 radical (unpaired) electrons. The van der Waals surface area contributed by atoms with E-state index in [0.717, 1.165) is 50.4 Å². The lowest BCUT2D eigenvalue weighted by Crippen LogP contribution is -1.95. The molecule has 3 heteroatoms. The third-order valence-corrected chi connectivity index (χ3v) is 9.99. The third-order valence-electron chi connectivity index (χ3n) is 9.99. The smallest absolute Gasteiger partial charge is 0.160 e. The van der Waals surface area contributed by atoms with E-state index in [4.69, 9.17) is 9.97 Å². The molecule has 0 aliphatic rings. The van der Waals surface area contributed by atoms with Gasteiger partial charge in [0.15, 0.2) is 5.82 Å². The largest absolute Gasteiger partial charge is 0.309 e. The maximum atomic E-state index is 5.15. The van der Waals surface area contributed by atoms with E-state index in [2.05, 4.69) is 168 Å². The van der Waals surface area contributed by atoms with Crippen LogP contribution in [0.15, 0.2) is 188 Å². The van der Waals surface area contributed by atoms with E-state index < -0.39 is 0 Å². The lowest BCUT2D eigenvalue weighted by molar-refractivity contribution is 1.18. The number of hydrogen-bond acceptors (Lipinski definition) is 2. The van der Waals surface area contributed by atoms with Crippen LogP contribution in [-0.4, -0.2) is 14.5 Å². The van der Waals surface area contributed by atoms with Crippen LogP contribution in [0.1, 0.15) is 0 Å². The first-order chi connectivity index (χ1) is 25.3. The highest BCUT2D eigenvalue weighted by Crippen LogP contribution is 2.39. The second-order valence-electron chi connectivity index (χ2n) is 13.0. The van der Waals surface area contributed by atoms with Crippen LogP contribution in [0.25, 0.3) is 94.1 Å². The summed E-state index contributed by atoms with van der Waals surface area (Å²) >= 11 is 0. The Morgan fingerprint density at radius 1 is 0.353 bits per heavy atom. The minimum absolute atomic E-state index is 0.729. The summed E-state index contributed by atoms with van der Waals surface area (Å²) < 4.78 is 2.38. The molecule has 238 valence electrons. The average molecular weight is 650 g/mol. The molecule has 0 N–H and O–H groups in total. The Hall–Kier alpha value is -6.84. The van der Waals surface area contributed by atoms with E-state index in [1.807, 2.05) is 24.3 Å². The monoisotopic (exact) mass is 649 g/mol. The molecule has 2 aromatic heterocycles. The van der Waals surface area contributed by atoms with E-state index >= 15 is 0 Å². The van der Waals surface area contributed by atoms with Crippen molar-refractivity contribution in [3.8, 4) is 50.6 Å². The molecule has 10 rings (SSSR count). The average Bonchev–Trinajstić information content (AvgIpc) is 3.54. The first kappa shape index (κ1) is 29.1. The lowest BCUT2D eigenvalue weighted by atomic mass is 9.96. The maximum absolute atomic E-state index is 5.15. The summed E-state index contributed by atoms with van der Waals surface area (Å²) in [5.41, 5.74) is 12.2. The highest BCUT2D eigenvalue weighted by molar-refractivity contribution is 6.12. The highest BCUT2D eigenvalue weighted by atomic mass is 15.0. The zero-order valence-electron chi connectivity index (χ0n) is 27.7. The summed E-state index contributed by atoms with van der Waals surface area (Å²) in [7, 11) is 0. The standard InChI is InChI=1S/C48H31N3/c1-4-14-33(15-5-1)47-43-30-35(23-26-44(43)49-48(50-47)34-16-6-2-7-17-34)36-24-27-45-41(29-36)42-31-37(40-22-12-18-32-13-10-11-21-39(32)40)25-28-46(42)51(45)38-19-8-3-9-20-38/h1-31H. The van der Waals surface area contributed by atoms with Crippen molar-refractivity contribution in [1.29, 1.82) is 0 Å². The number of aromatic nitrogens is 3. The molecule has 10 aromatic rings.